The number of amides is 1. The first-order valence-corrected chi connectivity index (χ1v) is 10.8. The molecule has 4 rings (SSSR count). The lowest BCUT2D eigenvalue weighted by Crippen LogP contribution is -2.27. The largest absolute Gasteiger partial charge is 0.493 e. The van der Waals surface area contributed by atoms with E-state index in [9.17, 15) is 4.79 Å². The number of hydrogen-bond acceptors (Lipinski definition) is 5. The number of ether oxygens (including phenoxy) is 2. The molecule has 1 unspecified atom stereocenters. The summed E-state index contributed by atoms with van der Waals surface area (Å²) in [6.07, 6.45) is 7.69. The van der Waals surface area contributed by atoms with Crippen LogP contribution in [-0.4, -0.2) is 72.2 Å². The van der Waals surface area contributed by atoms with E-state index in [-0.39, 0.29) is 0 Å². The summed E-state index contributed by atoms with van der Waals surface area (Å²) < 4.78 is 13.9. The van der Waals surface area contributed by atoms with Gasteiger partial charge in [-0.05, 0) is 45.5 Å². The van der Waals surface area contributed by atoms with Gasteiger partial charge in [0.05, 0.1) is 19.3 Å². The van der Waals surface area contributed by atoms with E-state index in [0.29, 0.717) is 36.6 Å². The van der Waals surface area contributed by atoms with E-state index in [4.69, 9.17) is 9.47 Å². The molecule has 30 heavy (non-hydrogen) atoms. The summed E-state index contributed by atoms with van der Waals surface area (Å²) in [5.41, 5.74) is 0.924. The number of benzene rings is 1. The molecule has 0 N–H and O–H groups in total. The third-order valence-corrected chi connectivity index (χ3v) is 5.83. The van der Waals surface area contributed by atoms with Crippen LogP contribution in [0.1, 0.15) is 25.7 Å². The summed E-state index contributed by atoms with van der Waals surface area (Å²) in [6.45, 7) is 3.21. The average Bonchev–Trinajstić information content (AvgIpc) is 3.36. The summed E-state index contributed by atoms with van der Waals surface area (Å²) >= 11 is 0. The minimum atomic E-state index is 0.301. The third kappa shape index (κ3) is 4.61. The van der Waals surface area contributed by atoms with Gasteiger partial charge in [0.2, 0.25) is 5.91 Å². The standard InChI is InChI=1S/C23H32N4O3/c1-25(2)11-5-13-30-22-19(6-4-7-20(22)29-3)23-24-10-12-26(23)15-17-14-21(28)27(16-17)18-8-9-18/h4,6-7,10,12,17-18H,5,8-9,11,13-16H2,1-3H3. The van der Waals surface area contributed by atoms with Gasteiger partial charge in [0.15, 0.2) is 11.5 Å². The van der Waals surface area contributed by atoms with E-state index >= 15 is 0 Å². The maximum atomic E-state index is 12.3. The molecule has 1 atom stereocenters. The molecule has 2 fully saturated rings. The Hall–Kier alpha value is -2.54. The number of rotatable bonds is 10. The molecule has 1 aromatic heterocycles. The van der Waals surface area contributed by atoms with Gasteiger partial charge < -0.3 is 23.8 Å². The van der Waals surface area contributed by atoms with E-state index in [0.717, 1.165) is 56.0 Å². The van der Waals surface area contributed by atoms with Crippen molar-refractivity contribution < 1.29 is 14.3 Å². The monoisotopic (exact) mass is 412 g/mol. The molecule has 0 bridgehead atoms. The molecule has 0 spiro atoms. The Kier molecular flexibility index (Phi) is 6.27. The van der Waals surface area contributed by atoms with Crippen LogP contribution in [0.4, 0.5) is 0 Å². The second-order valence-electron chi connectivity index (χ2n) is 8.59. The Bertz CT molecular complexity index is 875. The molecule has 1 aliphatic carbocycles. The summed E-state index contributed by atoms with van der Waals surface area (Å²) in [5, 5.41) is 0. The fraction of sp³-hybridized carbons (Fsp3) is 0.565. The molecule has 1 aliphatic heterocycles. The topological polar surface area (TPSA) is 59.8 Å². The van der Waals surface area contributed by atoms with Crippen LogP contribution >= 0.6 is 0 Å². The van der Waals surface area contributed by atoms with E-state index < -0.39 is 0 Å². The number of aromatic nitrogens is 2. The molecule has 7 heteroatoms. The van der Waals surface area contributed by atoms with Crippen molar-refractivity contribution in [2.75, 3.05) is 40.9 Å². The van der Waals surface area contributed by atoms with Crippen molar-refractivity contribution in [2.45, 2.75) is 38.3 Å². The minimum Gasteiger partial charge on any atom is -0.493 e. The SMILES string of the molecule is COc1cccc(-c2nccn2CC2CC(=O)N(C3CC3)C2)c1OCCCN(C)C. The molecule has 7 nitrogen and oxygen atoms in total. The van der Waals surface area contributed by atoms with E-state index in [1.54, 1.807) is 7.11 Å². The first-order valence-electron chi connectivity index (χ1n) is 10.8. The van der Waals surface area contributed by atoms with Gasteiger partial charge in [0.1, 0.15) is 5.82 Å². The molecule has 2 aromatic rings. The smallest absolute Gasteiger partial charge is 0.223 e. The zero-order valence-electron chi connectivity index (χ0n) is 18.2. The number of methoxy groups -OCH3 is 1. The Morgan fingerprint density at radius 3 is 2.83 bits per heavy atom. The van der Waals surface area contributed by atoms with Crippen molar-refractivity contribution in [3.63, 3.8) is 0 Å². The summed E-state index contributed by atoms with van der Waals surface area (Å²) in [5.74, 6) is 2.92. The van der Waals surface area contributed by atoms with Crippen molar-refractivity contribution in [3.8, 4) is 22.9 Å². The maximum Gasteiger partial charge on any atom is 0.223 e. The van der Waals surface area contributed by atoms with Crippen molar-refractivity contribution in [1.29, 1.82) is 0 Å². The highest BCUT2D eigenvalue weighted by Crippen LogP contribution is 2.38. The van der Waals surface area contributed by atoms with Gasteiger partial charge in [-0.1, -0.05) is 6.07 Å². The molecule has 2 aliphatic rings. The van der Waals surface area contributed by atoms with Gasteiger partial charge in [-0.2, -0.15) is 0 Å². The number of hydrogen-bond donors (Lipinski definition) is 0. The summed E-state index contributed by atoms with van der Waals surface area (Å²) in [7, 11) is 5.78. The van der Waals surface area contributed by atoms with Crippen molar-refractivity contribution >= 4 is 5.91 Å². The fourth-order valence-electron chi connectivity index (χ4n) is 4.21. The highest BCUT2D eigenvalue weighted by molar-refractivity contribution is 5.79. The quantitative estimate of drug-likeness (QED) is 0.562. The second kappa shape index (κ2) is 9.08. The highest BCUT2D eigenvalue weighted by atomic mass is 16.5. The maximum absolute atomic E-state index is 12.3. The van der Waals surface area contributed by atoms with Crippen molar-refractivity contribution in [1.82, 2.24) is 19.4 Å². The average molecular weight is 413 g/mol. The Labute approximate surface area is 178 Å². The van der Waals surface area contributed by atoms with E-state index in [1.807, 2.05) is 30.6 Å². The molecule has 2 heterocycles. The van der Waals surface area contributed by atoms with Gasteiger partial charge in [-0.15, -0.1) is 0 Å². The van der Waals surface area contributed by atoms with Gasteiger partial charge in [-0.25, -0.2) is 4.98 Å². The van der Waals surface area contributed by atoms with Crippen LogP contribution in [0, 0.1) is 5.92 Å². The predicted molar refractivity (Wildman–Crippen MR) is 116 cm³/mol. The zero-order chi connectivity index (χ0) is 21.1. The molecule has 0 radical (unpaired) electrons. The van der Waals surface area contributed by atoms with Crippen LogP contribution in [0.15, 0.2) is 30.6 Å². The molecular weight excluding hydrogens is 380 g/mol. The van der Waals surface area contributed by atoms with Crippen LogP contribution in [0.2, 0.25) is 0 Å². The predicted octanol–water partition coefficient (Wildman–Crippen LogP) is 2.90. The van der Waals surface area contributed by atoms with E-state index in [2.05, 4.69) is 33.4 Å². The lowest BCUT2D eigenvalue weighted by molar-refractivity contribution is -0.128. The highest BCUT2D eigenvalue weighted by Gasteiger charge is 2.39. The van der Waals surface area contributed by atoms with Crippen molar-refractivity contribution in [2.24, 2.45) is 5.92 Å². The lowest BCUT2D eigenvalue weighted by atomic mass is 10.1. The number of para-hydroxylation sites is 1. The summed E-state index contributed by atoms with van der Waals surface area (Å²) in [4.78, 5) is 21.2. The minimum absolute atomic E-state index is 0.301. The number of carbonyl (C=O) groups excluding carboxylic acids is 1. The Morgan fingerprint density at radius 2 is 2.10 bits per heavy atom. The lowest BCUT2D eigenvalue weighted by Gasteiger charge is -2.18. The van der Waals surface area contributed by atoms with Crippen molar-refractivity contribution in [3.05, 3.63) is 30.6 Å². The van der Waals surface area contributed by atoms with Gasteiger partial charge in [0, 0.05) is 50.4 Å². The third-order valence-electron chi connectivity index (χ3n) is 5.83. The summed E-state index contributed by atoms with van der Waals surface area (Å²) in [6, 6.07) is 6.40. The van der Waals surface area contributed by atoms with Gasteiger partial charge >= 0.3 is 0 Å². The number of likely N-dealkylation sites (tertiary alicyclic amines) is 1. The second-order valence-corrected chi connectivity index (χ2v) is 8.59. The van der Waals surface area contributed by atoms with Crippen LogP contribution in [-0.2, 0) is 11.3 Å². The fourth-order valence-corrected chi connectivity index (χ4v) is 4.21. The van der Waals surface area contributed by atoms with Gasteiger partial charge in [-0.3, -0.25) is 4.79 Å². The van der Waals surface area contributed by atoms with E-state index in [1.165, 1.54) is 0 Å². The molecule has 1 saturated heterocycles. The Morgan fingerprint density at radius 1 is 1.27 bits per heavy atom. The van der Waals surface area contributed by atoms with Gasteiger partial charge in [0.25, 0.3) is 0 Å². The van der Waals surface area contributed by atoms with Crippen LogP contribution in [0.25, 0.3) is 11.4 Å². The van der Waals surface area contributed by atoms with Crippen LogP contribution in [0.3, 0.4) is 0 Å². The van der Waals surface area contributed by atoms with Crippen LogP contribution in [0.5, 0.6) is 11.5 Å². The number of nitrogens with zero attached hydrogens (tertiary/aromatic N) is 4. The molecular formula is C23H32N4O3. The molecule has 1 saturated carbocycles. The molecule has 1 amide bonds. The molecule has 1 aromatic carbocycles. The first kappa shape index (κ1) is 20.7. The number of carbonyl (C=O) groups is 1. The molecule has 162 valence electrons. The number of imidazole rings is 1. The Balaban J connectivity index is 1.51. The van der Waals surface area contributed by atoms with Crippen LogP contribution < -0.4 is 9.47 Å². The zero-order valence-corrected chi connectivity index (χ0v) is 18.2. The first-order chi connectivity index (χ1) is 14.6. The normalized spacial score (nSPS) is 19.0.